The van der Waals surface area contributed by atoms with Crippen LogP contribution in [-0.4, -0.2) is 24.1 Å². The van der Waals surface area contributed by atoms with E-state index in [1.54, 1.807) is 0 Å². The van der Waals surface area contributed by atoms with E-state index in [-0.39, 0.29) is 12.4 Å². The highest BCUT2D eigenvalue weighted by Gasteiger charge is 2.20. The molecule has 0 aliphatic rings. The van der Waals surface area contributed by atoms with E-state index < -0.39 is 0 Å². The van der Waals surface area contributed by atoms with Gasteiger partial charge in [-0.15, -0.1) is 12.4 Å². The first-order chi connectivity index (χ1) is 6.76. The summed E-state index contributed by atoms with van der Waals surface area (Å²) in [5, 5.41) is 0. The van der Waals surface area contributed by atoms with Crippen molar-refractivity contribution < 1.29 is 4.48 Å². The Kier molecular flexibility index (Phi) is 6.62. The van der Waals surface area contributed by atoms with E-state index in [9.17, 15) is 0 Å². The Balaban J connectivity index is 0.00000196. The molecule has 0 aliphatic carbocycles. The molecule has 0 heterocycles. The van der Waals surface area contributed by atoms with Crippen LogP contribution in [0.4, 0.5) is 0 Å². The van der Waals surface area contributed by atoms with E-state index in [0.717, 1.165) is 0 Å². The predicted molar refractivity (Wildman–Crippen MR) is 69.3 cm³/mol. The van der Waals surface area contributed by atoms with Crippen molar-refractivity contribution in [2.24, 2.45) is 0 Å². The van der Waals surface area contributed by atoms with Crippen molar-refractivity contribution in [1.29, 1.82) is 0 Å². The molecule has 1 aromatic carbocycles. The molecule has 0 fully saturated rings. The summed E-state index contributed by atoms with van der Waals surface area (Å²) in [6.45, 7) is 11.7. The zero-order chi connectivity index (χ0) is 10.4. The number of quaternary nitrogens is 1. The molecule has 1 nitrogen and oxygen atoms in total. The van der Waals surface area contributed by atoms with Crippen LogP contribution in [0, 0.1) is 0 Å². The predicted octanol–water partition coefficient (Wildman–Crippen LogP) is 3.48. The van der Waals surface area contributed by atoms with Crippen LogP contribution in [0.5, 0.6) is 0 Å². The van der Waals surface area contributed by atoms with E-state index in [1.807, 2.05) is 0 Å². The zero-order valence-corrected chi connectivity index (χ0v) is 10.9. The molecular weight excluding hydrogens is 206 g/mol. The van der Waals surface area contributed by atoms with Gasteiger partial charge in [0, 0.05) is 5.56 Å². The molecule has 86 valence electrons. The molecule has 1 aromatic rings. The van der Waals surface area contributed by atoms with Gasteiger partial charge in [0.1, 0.15) is 6.54 Å². The van der Waals surface area contributed by atoms with Crippen LogP contribution in [0.25, 0.3) is 0 Å². The first-order valence-electron chi connectivity index (χ1n) is 5.65. The Morgan fingerprint density at radius 1 is 0.867 bits per heavy atom. The normalized spacial score (nSPS) is 10.9. The number of hydrogen-bond acceptors (Lipinski definition) is 0. The second kappa shape index (κ2) is 6.86. The van der Waals surface area contributed by atoms with E-state index in [1.165, 1.54) is 36.2 Å². The van der Waals surface area contributed by atoms with E-state index in [4.69, 9.17) is 0 Å². The quantitative estimate of drug-likeness (QED) is 0.677. The SMILES string of the molecule is CC[N+](CC)(CC)Cc1ccccc1.Cl. The summed E-state index contributed by atoms with van der Waals surface area (Å²) in [5.74, 6) is 0. The molecule has 1 rings (SSSR count). The standard InChI is InChI=1S/C13H22N.ClH/c1-4-14(5-2,6-3)12-13-10-8-7-9-11-13;/h7-11H,4-6,12H2,1-3H3;1H/q+1;. The molecule has 0 aliphatic heterocycles. The molecule has 0 aromatic heterocycles. The smallest absolute Gasteiger partial charge is 0.104 e. The van der Waals surface area contributed by atoms with Gasteiger partial charge >= 0.3 is 0 Å². The van der Waals surface area contributed by atoms with Crippen LogP contribution < -0.4 is 0 Å². The van der Waals surface area contributed by atoms with Crippen molar-refractivity contribution in [2.45, 2.75) is 27.3 Å². The minimum atomic E-state index is 0. The number of halogens is 1. The summed E-state index contributed by atoms with van der Waals surface area (Å²) in [6.07, 6.45) is 0. The maximum absolute atomic E-state index is 2.29. The fourth-order valence-corrected chi connectivity index (χ4v) is 1.98. The first-order valence-corrected chi connectivity index (χ1v) is 5.65. The maximum atomic E-state index is 2.29. The molecule has 0 N–H and O–H groups in total. The van der Waals surface area contributed by atoms with Crippen LogP contribution >= 0.6 is 12.4 Å². The molecule has 0 radical (unpaired) electrons. The molecule has 2 heteroatoms. The van der Waals surface area contributed by atoms with E-state index in [2.05, 4.69) is 51.1 Å². The third kappa shape index (κ3) is 3.84. The Bertz CT molecular complexity index is 246. The Morgan fingerprint density at radius 2 is 1.33 bits per heavy atom. The number of rotatable bonds is 5. The molecule has 0 saturated heterocycles. The van der Waals surface area contributed by atoms with Crippen molar-refractivity contribution >= 4 is 12.4 Å². The fourth-order valence-electron chi connectivity index (χ4n) is 1.98. The first kappa shape index (κ1) is 14.5. The van der Waals surface area contributed by atoms with Crippen molar-refractivity contribution in [3.8, 4) is 0 Å². The fraction of sp³-hybridized carbons (Fsp3) is 0.538. The van der Waals surface area contributed by atoms with Gasteiger partial charge in [-0.3, -0.25) is 0 Å². The summed E-state index contributed by atoms with van der Waals surface area (Å²) >= 11 is 0. The lowest BCUT2D eigenvalue weighted by Gasteiger charge is -2.35. The third-order valence-corrected chi connectivity index (χ3v) is 3.37. The lowest BCUT2D eigenvalue weighted by molar-refractivity contribution is -0.936. The van der Waals surface area contributed by atoms with Crippen molar-refractivity contribution in [2.75, 3.05) is 19.6 Å². The molecule has 0 unspecified atom stereocenters. The summed E-state index contributed by atoms with van der Waals surface area (Å²) < 4.78 is 1.20. The van der Waals surface area contributed by atoms with E-state index in [0.29, 0.717) is 0 Å². The average molecular weight is 229 g/mol. The van der Waals surface area contributed by atoms with Gasteiger partial charge in [-0.1, -0.05) is 30.3 Å². The highest BCUT2D eigenvalue weighted by atomic mass is 35.5. The van der Waals surface area contributed by atoms with Crippen molar-refractivity contribution in [1.82, 2.24) is 0 Å². The van der Waals surface area contributed by atoms with Crippen LogP contribution in [-0.2, 0) is 6.54 Å². The summed E-state index contributed by atoms with van der Waals surface area (Å²) in [6, 6.07) is 10.8. The van der Waals surface area contributed by atoms with Gasteiger partial charge in [-0.25, -0.2) is 0 Å². The minimum absolute atomic E-state index is 0. The van der Waals surface area contributed by atoms with Gasteiger partial charge in [-0.05, 0) is 20.8 Å². The number of hydrogen-bond donors (Lipinski definition) is 0. The third-order valence-electron chi connectivity index (χ3n) is 3.37. The maximum Gasteiger partial charge on any atom is 0.104 e. The minimum Gasteiger partial charge on any atom is -0.321 e. The largest absolute Gasteiger partial charge is 0.321 e. The highest BCUT2D eigenvalue weighted by molar-refractivity contribution is 5.85. The Morgan fingerprint density at radius 3 is 1.73 bits per heavy atom. The van der Waals surface area contributed by atoms with Gasteiger partial charge in [0.05, 0.1) is 19.6 Å². The average Bonchev–Trinajstić information content (AvgIpc) is 2.28. The van der Waals surface area contributed by atoms with Gasteiger partial charge < -0.3 is 4.48 Å². The van der Waals surface area contributed by atoms with Crippen LogP contribution in [0.2, 0.25) is 0 Å². The van der Waals surface area contributed by atoms with Crippen molar-refractivity contribution in [3.63, 3.8) is 0 Å². The zero-order valence-electron chi connectivity index (χ0n) is 10.1. The van der Waals surface area contributed by atoms with Crippen LogP contribution in [0.15, 0.2) is 30.3 Å². The van der Waals surface area contributed by atoms with Gasteiger partial charge in [0.15, 0.2) is 0 Å². The van der Waals surface area contributed by atoms with Gasteiger partial charge in [-0.2, -0.15) is 0 Å². The van der Waals surface area contributed by atoms with Crippen molar-refractivity contribution in [3.05, 3.63) is 35.9 Å². The summed E-state index contributed by atoms with van der Waals surface area (Å²) in [4.78, 5) is 0. The van der Waals surface area contributed by atoms with Crippen LogP contribution in [0.3, 0.4) is 0 Å². The van der Waals surface area contributed by atoms with Crippen LogP contribution in [0.1, 0.15) is 26.3 Å². The molecule has 0 atom stereocenters. The Labute approximate surface area is 100 Å². The lowest BCUT2D eigenvalue weighted by Crippen LogP contribution is -2.46. The van der Waals surface area contributed by atoms with Gasteiger partial charge in [0.2, 0.25) is 0 Å². The highest BCUT2D eigenvalue weighted by Crippen LogP contribution is 2.13. The topological polar surface area (TPSA) is 0 Å². The number of nitrogens with zero attached hydrogens (tertiary/aromatic N) is 1. The second-order valence-corrected chi connectivity index (χ2v) is 3.93. The molecule has 15 heavy (non-hydrogen) atoms. The molecular formula is C13H23ClN+. The second-order valence-electron chi connectivity index (χ2n) is 3.93. The number of benzene rings is 1. The molecule has 0 bridgehead atoms. The summed E-state index contributed by atoms with van der Waals surface area (Å²) in [7, 11) is 0. The molecule has 0 spiro atoms. The Hall–Kier alpha value is -0.530. The lowest BCUT2D eigenvalue weighted by atomic mass is 10.2. The molecule has 0 saturated carbocycles. The monoisotopic (exact) mass is 228 g/mol. The summed E-state index contributed by atoms with van der Waals surface area (Å²) in [5.41, 5.74) is 1.46. The van der Waals surface area contributed by atoms with Gasteiger partial charge in [0.25, 0.3) is 0 Å². The molecule has 0 amide bonds. The van der Waals surface area contributed by atoms with E-state index >= 15 is 0 Å².